The lowest BCUT2D eigenvalue weighted by atomic mass is 10.2. The first-order chi connectivity index (χ1) is 9.95. The van der Waals surface area contributed by atoms with Crippen molar-refractivity contribution in [2.45, 2.75) is 30.2 Å². The molecule has 21 heavy (non-hydrogen) atoms. The first-order valence-electron chi connectivity index (χ1n) is 7.07. The molecule has 0 N–H and O–H groups in total. The van der Waals surface area contributed by atoms with Crippen LogP contribution in [0.3, 0.4) is 0 Å². The van der Waals surface area contributed by atoms with Gasteiger partial charge in [-0.3, -0.25) is 0 Å². The number of likely N-dealkylation sites (N-methyl/N-ethyl adjacent to an activating group) is 1. The summed E-state index contributed by atoms with van der Waals surface area (Å²) in [7, 11) is 0.475. The topological polar surface area (TPSA) is 64.4 Å². The van der Waals surface area contributed by atoms with E-state index in [9.17, 15) is 8.42 Å². The smallest absolute Gasteiger partial charge is 0.243 e. The minimum Gasteiger partial charge on any atom is -0.308 e. The maximum absolute atomic E-state index is 12.7. The molecule has 1 aromatic carbocycles. The number of hydrogen-bond donors (Lipinski definition) is 0. The second kappa shape index (κ2) is 6.56. The highest BCUT2D eigenvalue weighted by atomic mass is 32.2. The van der Waals surface area contributed by atoms with Crippen molar-refractivity contribution in [3.63, 3.8) is 0 Å². The van der Waals surface area contributed by atoms with Gasteiger partial charge in [0.15, 0.2) is 0 Å². The summed E-state index contributed by atoms with van der Waals surface area (Å²) in [5.74, 6) is 0. The quantitative estimate of drug-likeness (QED) is 0.826. The molecule has 1 heterocycles. The molecule has 114 valence electrons. The summed E-state index contributed by atoms with van der Waals surface area (Å²) in [6.45, 7) is 1.33. The van der Waals surface area contributed by atoms with Crippen LogP contribution in [0.2, 0.25) is 0 Å². The van der Waals surface area contributed by atoms with E-state index in [2.05, 4.69) is 6.07 Å². The van der Waals surface area contributed by atoms with Crippen LogP contribution in [0.25, 0.3) is 0 Å². The van der Waals surface area contributed by atoms with Crippen molar-refractivity contribution in [1.29, 1.82) is 5.26 Å². The predicted molar refractivity (Wildman–Crippen MR) is 81.2 cm³/mol. The van der Waals surface area contributed by atoms with Crippen molar-refractivity contribution in [1.82, 2.24) is 9.21 Å². The summed E-state index contributed by atoms with van der Waals surface area (Å²) < 4.78 is 27.1. The minimum atomic E-state index is -3.44. The van der Waals surface area contributed by atoms with Gasteiger partial charge in [0.05, 0.1) is 17.4 Å². The molecule has 1 aromatic rings. The van der Waals surface area contributed by atoms with E-state index < -0.39 is 10.0 Å². The molecule has 0 saturated carbocycles. The van der Waals surface area contributed by atoms with Crippen LogP contribution in [0.4, 0.5) is 0 Å². The Morgan fingerprint density at radius 1 is 1.33 bits per heavy atom. The van der Waals surface area contributed by atoms with E-state index in [0.29, 0.717) is 17.9 Å². The number of hydrogen-bond acceptors (Lipinski definition) is 4. The first-order valence-corrected chi connectivity index (χ1v) is 8.51. The lowest BCUT2D eigenvalue weighted by molar-refractivity contribution is 0.291. The Bertz CT molecular complexity index is 617. The summed E-state index contributed by atoms with van der Waals surface area (Å²) in [4.78, 5) is 2.34. The van der Waals surface area contributed by atoms with Gasteiger partial charge in [-0.25, -0.2) is 8.42 Å². The molecule has 6 heteroatoms. The molecule has 1 aliphatic rings. The van der Waals surface area contributed by atoms with E-state index >= 15 is 0 Å². The molecular weight excluding hydrogens is 286 g/mol. The minimum absolute atomic E-state index is 0.0452. The summed E-state index contributed by atoms with van der Waals surface area (Å²) in [6.07, 6.45) is 2.11. The van der Waals surface area contributed by atoms with Crippen molar-refractivity contribution in [2.75, 3.05) is 27.2 Å². The van der Waals surface area contributed by atoms with E-state index in [0.717, 1.165) is 24.9 Å². The number of sulfonamides is 1. The van der Waals surface area contributed by atoms with Gasteiger partial charge in [0.25, 0.3) is 0 Å². The molecule has 0 amide bonds. The third-order valence-corrected chi connectivity index (χ3v) is 5.68. The second-order valence-corrected chi connectivity index (χ2v) is 7.54. The zero-order chi connectivity index (χ0) is 15.5. The fraction of sp³-hybridized carbons (Fsp3) is 0.533. The third-order valence-electron chi connectivity index (χ3n) is 3.71. The average Bonchev–Trinajstić information content (AvgIpc) is 2.88. The normalized spacial score (nSPS) is 19.8. The maximum Gasteiger partial charge on any atom is 0.243 e. The van der Waals surface area contributed by atoms with Gasteiger partial charge in [-0.05, 0) is 44.6 Å². The Kier molecular flexibility index (Phi) is 4.99. The van der Waals surface area contributed by atoms with Gasteiger partial charge in [-0.15, -0.1) is 0 Å². The molecule has 0 bridgehead atoms. The van der Waals surface area contributed by atoms with Crippen molar-refractivity contribution < 1.29 is 8.42 Å². The zero-order valence-electron chi connectivity index (χ0n) is 12.5. The van der Waals surface area contributed by atoms with Gasteiger partial charge in [0, 0.05) is 19.1 Å². The first kappa shape index (κ1) is 16.0. The molecule has 0 aromatic heterocycles. The molecule has 1 unspecified atom stereocenters. The molecule has 1 fully saturated rings. The molecule has 0 aliphatic carbocycles. The van der Waals surface area contributed by atoms with Crippen LogP contribution < -0.4 is 0 Å². The monoisotopic (exact) mass is 307 g/mol. The van der Waals surface area contributed by atoms with Crippen LogP contribution in [0.5, 0.6) is 0 Å². The highest BCUT2D eigenvalue weighted by Gasteiger charge is 2.35. The van der Waals surface area contributed by atoms with Gasteiger partial charge in [0.2, 0.25) is 10.0 Å². The highest BCUT2D eigenvalue weighted by Crippen LogP contribution is 2.26. The Morgan fingerprint density at radius 2 is 2.00 bits per heavy atom. The van der Waals surface area contributed by atoms with Crippen LogP contribution in [-0.4, -0.2) is 50.8 Å². The highest BCUT2D eigenvalue weighted by molar-refractivity contribution is 7.89. The van der Waals surface area contributed by atoms with Crippen molar-refractivity contribution in [2.24, 2.45) is 0 Å². The summed E-state index contributed by atoms with van der Waals surface area (Å²) in [5, 5.41) is 8.66. The fourth-order valence-corrected chi connectivity index (χ4v) is 4.42. The van der Waals surface area contributed by atoms with Crippen molar-refractivity contribution in [3.8, 4) is 6.07 Å². The summed E-state index contributed by atoms with van der Waals surface area (Å²) in [5.41, 5.74) is 0.836. The SMILES string of the molecule is CN(C)CC1CCCN1S(=O)(=O)c1ccc(CC#N)cc1. The molecule has 0 radical (unpaired) electrons. The Labute approximate surface area is 126 Å². The number of nitriles is 1. The molecule has 1 aliphatic heterocycles. The van der Waals surface area contributed by atoms with Gasteiger partial charge in [-0.2, -0.15) is 9.57 Å². The van der Waals surface area contributed by atoms with E-state index in [1.165, 1.54) is 0 Å². The van der Waals surface area contributed by atoms with E-state index in [4.69, 9.17) is 5.26 Å². The molecule has 5 nitrogen and oxygen atoms in total. The van der Waals surface area contributed by atoms with Gasteiger partial charge < -0.3 is 4.90 Å². The third kappa shape index (κ3) is 3.62. The van der Waals surface area contributed by atoms with Crippen LogP contribution in [0.1, 0.15) is 18.4 Å². The predicted octanol–water partition coefficient (Wildman–Crippen LogP) is 1.47. The number of nitrogens with zero attached hydrogens (tertiary/aromatic N) is 3. The van der Waals surface area contributed by atoms with E-state index in [-0.39, 0.29) is 6.04 Å². The zero-order valence-corrected chi connectivity index (χ0v) is 13.3. The maximum atomic E-state index is 12.7. The van der Waals surface area contributed by atoms with Gasteiger partial charge >= 0.3 is 0 Å². The van der Waals surface area contributed by atoms with Gasteiger partial charge in [-0.1, -0.05) is 12.1 Å². The fourth-order valence-electron chi connectivity index (χ4n) is 2.74. The Morgan fingerprint density at radius 3 is 2.57 bits per heavy atom. The van der Waals surface area contributed by atoms with Crippen LogP contribution in [0, 0.1) is 11.3 Å². The lowest BCUT2D eigenvalue weighted by Gasteiger charge is -2.26. The van der Waals surface area contributed by atoms with E-state index in [1.807, 2.05) is 19.0 Å². The molecule has 0 spiro atoms. The lowest BCUT2D eigenvalue weighted by Crippen LogP contribution is -2.41. The van der Waals surface area contributed by atoms with Crippen LogP contribution >= 0.6 is 0 Å². The summed E-state index contributed by atoms with van der Waals surface area (Å²) in [6, 6.07) is 8.74. The molecule has 1 saturated heterocycles. The number of benzene rings is 1. The molecule has 2 rings (SSSR count). The van der Waals surface area contributed by atoms with Crippen LogP contribution in [0.15, 0.2) is 29.2 Å². The molecule has 1 atom stereocenters. The second-order valence-electron chi connectivity index (χ2n) is 5.65. The Hall–Kier alpha value is -1.42. The standard InChI is InChI=1S/C15H21N3O2S/c1-17(2)12-14-4-3-11-18(14)21(19,20)15-7-5-13(6-8-15)9-10-16/h5-8,14H,3-4,9,11-12H2,1-2H3. The molecular formula is C15H21N3O2S. The van der Waals surface area contributed by atoms with Crippen molar-refractivity contribution in [3.05, 3.63) is 29.8 Å². The summed E-state index contributed by atoms with van der Waals surface area (Å²) >= 11 is 0. The van der Waals surface area contributed by atoms with Crippen LogP contribution in [-0.2, 0) is 16.4 Å². The van der Waals surface area contributed by atoms with Crippen molar-refractivity contribution >= 4 is 10.0 Å². The average molecular weight is 307 g/mol. The largest absolute Gasteiger partial charge is 0.308 e. The van der Waals surface area contributed by atoms with E-state index in [1.54, 1.807) is 28.6 Å². The Balaban J connectivity index is 2.22. The van der Waals surface area contributed by atoms with Gasteiger partial charge in [0.1, 0.15) is 0 Å². The number of rotatable bonds is 5.